The second kappa shape index (κ2) is 4.64. The number of urea groups is 1. The number of carbonyl (C=O) groups is 1. The van der Waals surface area contributed by atoms with Crippen LogP contribution in [0.15, 0.2) is 12.4 Å². The molecular formula is C9H16N4O. The first-order valence-electron chi connectivity index (χ1n) is 4.60. The summed E-state index contributed by atoms with van der Waals surface area (Å²) in [5, 5.41) is 2.73. The van der Waals surface area contributed by atoms with Crippen LogP contribution < -0.4 is 5.32 Å². The lowest BCUT2D eigenvalue weighted by Crippen LogP contribution is -2.37. The largest absolute Gasteiger partial charge is 0.338 e. The van der Waals surface area contributed by atoms with Crippen molar-refractivity contribution in [2.24, 2.45) is 7.05 Å². The van der Waals surface area contributed by atoms with Crippen molar-refractivity contribution >= 4 is 6.03 Å². The topological polar surface area (TPSA) is 50.2 Å². The Morgan fingerprint density at radius 3 is 2.93 bits per heavy atom. The minimum atomic E-state index is -0.0736. The number of hydrogen-bond donors (Lipinski definition) is 1. The van der Waals surface area contributed by atoms with Crippen LogP contribution in [0.5, 0.6) is 0 Å². The van der Waals surface area contributed by atoms with E-state index in [1.165, 1.54) is 0 Å². The molecule has 5 nitrogen and oxygen atoms in total. The molecule has 14 heavy (non-hydrogen) atoms. The third kappa shape index (κ3) is 2.48. The molecule has 0 unspecified atom stereocenters. The SMILES string of the molecule is CCNC(=O)N(C)Cc1nccn1C. The van der Waals surface area contributed by atoms with Crippen LogP contribution in [0, 0.1) is 0 Å². The van der Waals surface area contributed by atoms with Crippen molar-refractivity contribution in [1.82, 2.24) is 19.8 Å². The normalized spacial score (nSPS) is 9.93. The number of amides is 2. The highest BCUT2D eigenvalue weighted by atomic mass is 16.2. The predicted molar refractivity (Wildman–Crippen MR) is 53.7 cm³/mol. The molecule has 0 aliphatic heterocycles. The first kappa shape index (κ1) is 10.6. The Morgan fingerprint density at radius 1 is 1.71 bits per heavy atom. The number of imidazole rings is 1. The van der Waals surface area contributed by atoms with Gasteiger partial charge in [0.25, 0.3) is 0 Å². The minimum Gasteiger partial charge on any atom is -0.338 e. The number of aromatic nitrogens is 2. The number of rotatable bonds is 3. The van der Waals surface area contributed by atoms with Gasteiger partial charge in [0.15, 0.2) is 0 Å². The van der Waals surface area contributed by atoms with Gasteiger partial charge in [-0.3, -0.25) is 0 Å². The molecule has 5 heteroatoms. The van der Waals surface area contributed by atoms with Crippen molar-refractivity contribution in [2.75, 3.05) is 13.6 Å². The second-order valence-corrected chi connectivity index (χ2v) is 3.15. The Bertz CT molecular complexity index is 308. The van der Waals surface area contributed by atoms with Crippen molar-refractivity contribution in [2.45, 2.75) is 13.5 Å². The van der Waals surface area contributed by atoms with E-state index >= 15 is 0 Å². The zero-order chi connectivity index (χ0) is 10.6. The Hall–Kier alpha value is -1.52. The van der Waals surface area contributed by atoms with Gasteiger partial charge in [0, 0.05) is 33.0 Å². The van der Waals surface area contributed by atoms with Gasteiger partial charge in [-0.2, -0.15) is 0 Å². The van der Waals surface area contributed by atoms with Crippen molar-refractivity contribution in [3.63, 3.8) is 0 Å². The average molecular weight is 196 g/mol. The summed E-state index contributed by atoms with van der Waals surface area (Å²) in [6, 6.07) is -0.0736. The summed E-state index contributed by atoms with van der Waals surface area (Å²) in [6.07, 6.45) is 3.59. The van der Waals surface area contributed by atoms with Gasteiger partial charge in [-0.15, -0.1) is 0 Å². The molecule has 0 radical (unpaired) electrons. The van der Waals surface area contributed by atoms with E-state index in [0.29, 0.717) is 13.1 Å². The first-order chi connectivity index (χ1) is 6.65. The highest BCUT2D eigenvalue weighted by molar-refractivity contribution is 5.73. The molecule has 0 bridgehead atoms. The Morgan fingerprint density at radius 2 is 2.43 bits per heavy atom. The van der Waals surface area contributed by atoms with E-state index in [9.17, 15) is 4.79 Å². The van der Waals surface area contributed by atoms with Gasteiger partial charge < -0.3 is 14.8 Å². The van der Waals surface area contributed by atoms with Crippen LogP contribution in [0.3, 0.4) is 0 Å². The van der Waals surface area contributed by atoms with Gasteiger partial charge >= 0.3 is 6.03 Å². The molecule has 0 spiro atoms. The van der Waals surface area contributed by atoms with Gasteiger partial charge in [-0.05, 0) is 6.92 Å². The molecule has 78 valence electrons. The second-order valence-electron chi connectivity index (χ2n) is 3.15. The van der Waals surface area contributed by atoms with E-state index in [0.717, 1.165) is 5.82 Å². The Kier molecular flexibility index (Phi) is 3.50. The Labute approximate surface area is 83.7 Å². The van der Waals surface area contributed by atoms with E-state index in [1.54, 1.807) is 18.1 Å². The zero-order valence-electron chi connectivity index (χ0n) is 8.82. The fourth-order valence-electron chi connectivity index (χ4n) is 1.12. The van der Waals surface area contributed by atoms with Gasteiger partial charge in [0.2, 0.25) is 0 Å². The molecule has 0 fully saturated rings. The van der Waals surface area contributed by atoms with Crippen LogP contribution >= 0.6 is 0 Å². The van der Waals surface area contributed by atoms with Crippen LogP contribution in [-0.2, 0) is 13.6 Å². The fraction of sp³-hybridized carbons (Fsp3) is 0.556. The monoisotopic (exact) mass is 196 g/mol. The van der Waals surface area contributed by atoms with E-state index in [2.05, 4.69) is 10.3 Å². The van der Waals surface area contributed by atoms with Gasteiger partial charge in [0.1, 0.15) is 5.82 Å². The molecule has 0 atom stereocenters. The molecule has 2 amide bonds. The highest BCUT2D eigenvalue weighted by Gasteiger charge is 2.09. The van der Waals surface area contributed by atoms with Crippen molar-refractivity contribution in [3.05, 3.63) is 18.2 Å². The molecule has 0 aliphatic rings. The third-order valence-electron chi connectivity index (χ3n) is 1.97. The van der Waals surface area contributed by atoms with Crippen molar-refractivity contribution in [1.29, 1.82) is 0 Å². The lowest BCUT2D eigenvalue weighted by atomic mass is 10.5. The number of hydrogen-bond acceptors (Lipinski definition) is 2. The standard InChI is InChI=1S/C9H16N4O/c1-4-10-9(14)13(3)7-8-11-5-6-12(8)2/h5-6H,4,7H2,1-3H3,(H,10,14). The summed E-state index contributed by atoms with van der Waals surface area (Å²) in [4.78, 5) is 17.1. The van der Waals surface area contributed by atoms with E-state index < -0.39 is 0 Å². The summed E-state index contributed by atoms with van der Waals surface area (Å²) in [6.45, 7) is 3.06. The molecule has 1 aromatic rings. The van der Waals surface area contributed by atoms with E-state index in [4.69, 9.17) is 0 Å². The number of nitrogens with zero attached hydrogens (tertiary/aromatic N) is 3. The average Bonchev–Trinajstić information content (AvgIpc) is 2.52. The van der Waals surface area contributed by atoms with Crippen molar-refractivity contribution in [3.8, 4) is 0 Å². The van der Waals surface area contributed by atoms with E-state index in [1.807, 2.05) is 24.7 Å². The van der Waals surface area contributed by atoms with Gasteiger partial charge in [0.05, 0.1) is 6.54 Å². The molecule has 0 aliphatic carbocycles. The molecular weight excluding hydrogens is 180 g/mol. The molecule has 0 saturated carbocycles. The molecule has 1 aromatic heterocycles. The number of nitrogens with one attached hydrogen (secondary N) is 1. The van der Waals surface area contributed by atoms with Gasteiger partial charge in [-0.25, -0.2) is 9.78 Å². The summed E-state index contributed by atoms with van der Waals surface area (Å²) in [7, 11) is 3.66. The van der Waals surface area contributed by atoms with Gasteiger partial charge in [-0.1, -0.05) is 0 Å². The fourth-order valence-corrected chi connectivity index (χ4v) is 1.12. The van der Waals surface area contributed by atoms with Crippen LogP contribution in [0.1, 0.15) is 12.7 Å². The number of carbonyl (C=O) groups excluding carboxylic acids is 1. The summed E-state index contributed by atoms with van der Waals surface area (Å²) < 4.78 is 1.90. The Balaban J connectivity index is 2.52. The molecule has 1 heterocycles. The van der Waals surface area contributed by atoms with Crippen LogP contribution in [0.2, 0.25) is 0 Å². The maximum absolute atomic E-state index is 11.4. The quantitative estimate of drug-likeness (QED) is 0.768. The lowest BCUT2D eigenvalue weighted by Gasteiger charge is -2.16. The maximum Gasteiger partial charge on any atom is 0.317 e. The first-order valence-corrected chi connectivity index (χ1v) is 4.60. The van der Waals surface area contributed by atoms with Crippen LogP contribution in [-0.4, -0.2) is 34.1 Å². The number of aryl methyl sites for hydroxylation is 1. The smallest absolute Gasteiger partial charge is 0.317 e. The van der Waals surface area contributed by atoms with Crippen LogP contribution in [0.4, 0.5) is 4.79 Å². The minimum absolute atomic E-state index is 0.0736. The van der Waals surface area contributed by atoms with Crippen molar-refractivity contribution < 1.29 is 4.79 Å². The third-order valence-corrected chi connectivity index (χ3v) is 1.97. The molecule has 0 aromatic carbocycles. The summed E-state index contributed by atoms with van der Waals surface area (Å²) >= 11 is 0. The molecule has 1 rings (SSSR count). The lowest BCUT2D eigenvalue weighted by molar-refractivity contribution is 0.206. The highest BCUT2D eigenvalue weighted by Crippen LogP contribution is 1.98. The van der Waals surface area contributed by atoms with E-state index in [-0.39, 0.29) is 6.03 Å². The predicted octanol–water partition coefficient (Wildman–Crippen LogP) is 0.581. The summed E-state index contributed by atoms with van der Waals surface area (Å²) in [5.41, 5.74) is 0. The molecule has 1 N–H and O–H groups in total. The zero-order valence-corrected chi connectivity index (χ0v) is 8.82. The molecule has 0 saturated heterocycles. The summed E-state index contributed by atoms with van der Waals surface area (Å²) in [5.74, 6) is 0.874. The maximum atomic E-state index is 11.4. The van der Waals surface area contributed by atoms with Crippen LogP contribution in [0.25, 0.3) is 0 Å².